The first-order valence-electron chi connectivity index (χ1n) is 6.40. The molecule has 0 fully saturated rings. The maximum atomic E-state index is 12.1. The highest BCUT2D eigenvalue weighted by molar-refractivity contribution is 5.93. The fourth-order valence-electron chi connectivity index (χ4n) is 1.75. The molecule has 0 bridgehead atoms. The predicted molar refractivity (Wildman–Crippen MR) is 73.4 cm³/mol. The van der Waals surface area contributed by atoms with E-state index in [9.17, 15) is 14.7 Å². The number of amides is 1. The van der Waals surface area contributed by atoms with Crippen LogP contribution in [0.2, 0.25) is 0 Å². The van der Waals surface area contributed by atoms with E-state index in [1.807, 2.05) is 0 Å². The van der Waals surface area contributed by atoms with Crippen molar-refractivity contribution in [2.45, 2.75) is 25.4 Å². The lowest BCUT2D eigenvalue weighted by Gasteiger charge is -2.24. The van der Waals surface area contributed by atoms with Crippen LogP contribution in [0.15, 0.2) is 30.3 Å². The first kappa shape index (κ1) is 16.1. The molecule has 110 valence electrons. The lowest BCUT2D eigenvalue weighted by atomic mass is 10.2. The number of aliphatic carboxylic acids is 1. The van der Waals surface area contributed by atoms with Crippen LogP contribution in [0.25, 0.3) is 0 Å². The molecule has 0 aliphatic heterocycles. The van der Waals surface area contributed by atoms with Gasteiger partial charge < -0.3 is 20.2 Å². The Morgan fingerprint density at radius 3 is 2.35 bits per heavy atom. The number of para-hydroxylation sites is 1. The van der Waals surface area contributed by atoms with Crippen molar-refractivity contribution < 1.29 is 24.9 Å². The zero-order chi connectivity index (χ0) is 15.0. The molecule has 0 spiro atoms. The summed E-state index contributed by atoms with van der Waals surface area (Å²) in [6, 6.07) is 8.77. The van der Waals surface area contributed by atoms with E-state index in [1.54, 1.807) is 30.3 Å². The number of benzene rings is 1. The fourth-order valence-corrected chi connectivity index (χ4v) is 1.75. The summed E-state index contributed by atoms with van der Waals surface area (Å²) in [6.07, 6.45) is -0.776. The average molecular weight is 281 g/mol. The van der Waals surface area contributed by atoms with Crippen LogP contribution in [-0.2, 0) is 9.59 Å². The second-order valence-electron chi connectivity index (χ2n) is 4.42. The Balaban J connectivity index is 2.71. The standard InChI is InChI=1S/C14H19NO5/c16-10-12(17)9-15(11-5-2-1-3-6-11)13(18)7-4-8-14(19)20/h1-3,5-6,12,16-17H,4,7-10H2,(H,19,20). The molecule has 20 heavy (non-hydrogen) atoms. The largest absolute Gasteiger partial charge is 0.481 e. The van der Waals surface area contributed by atoms with Gasteiger partial charge in [0.25, 0.3) is 0 Å². The third-order valence-electron chi connectivity index (χ3n) is 2.75. The van der Waals surface area contributed by atoms with Crippen molar-refractivity contribution in [1.29, 1.82) is 0 Å². The number of carbonyl (C=O) groups excluding carboxylic acids is 1. The number of carbonyl (C=O) groups is 2. The highest BCUT2D eigenvalue weighted by Crippen LogP contribution is 2.16. The van der Waals surface area contributed by atoms with E-state index >= 15 is 0 Å². The van der Waals surface area contributed by atoms with Gasteiger partial charge in [-0.15, -0.1) is 0 Å². The highest BCUT2D eigenvalue weighted by Gasteiger charge is 2.18. The Kier molecular flexibility index (Phi) is 6.69. The molecule has 1 atom stereocenters. The molecule has 1 aromatic rings. The molecule has 1 aromatic carbocycles. The van der Waals surface area contributed by atoms with Gasteiger partial charge in [-0.1, -0.05) is 18.2 Å². The number of carboxylic acids is 1. The van der Waals surface area contributed by atoms with Crippen LogP contribution in [0.4, 0.5) is 5.69 Å². The number of anilines is 1. The number of aliphatic hydroxyl groups is 2. The van der Waals surface area contributed by atoms with Gasteiger partial charge in [0.15, 0.2) is 0 Å². The van der Waals surface area contributed by atoms with Gasteiger partial charge in [-0.2, -0.15) is 0 Å². The minimum absolute atomic E-state index is 0.0214. The van der Waals surface area contributed by atoms with Crippen LogP contribution in [-0.4, -0.2) is 46.5 Å². The molecule has 6 nitrogen and oxygen atoms in total. The molecular formula is C14H19NO5. The van der Waals surface area contributed by atoms with Crippen molar-refractivity contribution >= 4 is 17.6 Å². The molecule has 0 aromatic heterocycles. The summed E-state index contributed by atoms with van der Waals surface area (Å²) in [7, 11) is 0. The molecular weight excluding hydrogens is 262 g/mol. The van der Waals surface area contributed by atoms with E-state index in [0.717, 1.165) is 0 Å². The minimum atomic E-state index is -1.03. The van der Waals surface area contributed by atoms with Gasteiger partial charge >= 0.3 is 5.97 Å². The summed E-state index contributed by atoms with van der Waals surface area (Å²) in [5.41, 5.74) is 0.611. The van der Waals surface area contributed by atoms with E-state index in [2.05, 4.69) is 0 Å². The Bertz CT molecular complexity index is 434. The fraction of sp³-hybridized carbons (Fsp3) is 0.429. The summed E-state index contributed by atoms with van der Waals surface area (Å²) < 4.78 is 0. The molecule has 1 rings (SSSR count). The summed E-state index contributed by atoms with van der Waals surface area (Å²) in [5, 5.41) is 27.0. The van der Waals surface area contributed by atoms with Gasteiger partial charge in [-0.05, 0) is 18.6 Å². The molecule has 0 aliphatic rings. The minimum Gasteiger partial charge on any atom is -0.481 e. The van der Waals surface area contributed by atoms with Gasteiger partial charge in [-0.25, -0.2) is 0 Å². The van der Waals surface area contributed by atoms with E-state index in [1.165, 1.54) is 4.90 Å². The molecule has 1 amide bonds. The smallest absolute Gasteiger partial charge is 0.303 e. The van der Waals surface area contributed by atoms with Gasteiger partial charge in [-0.3, -0.25) is 9.59 Å². The first-order valence-corrected chi connectivity index (χ1v) is 6.40. The summed E-state index contributed by atoms with van der Waals surface area (Å²) in [5.74, 6) is -1.22. The Hall–Kier alpha value is -1.92. The molecule has 0 saturated heterocycles. The summed E-state index contributed by atoms with van der Waals surface area (Å²) in [4.78, 5) is 23.9. The van der Waals surface area contributed by atoms with Crippen molar-refractivity contribution in [2.24, 2.45) is 0 Å². The van der Waals surface area contributed by atoms with Crippen molar-refractivity contribution in [3.63, 3.8) is 0 Å². The van der Waals surface area contributed by atoms with E-state index < -0.39 is 18.7 Å². The Morgan fingerprint density at radius 1 is 1.15 bits per heavy atom. The van der Waals surface area contributed by atoms with Crippen molar-refractivity contribution in [1.82, 2.24) is 0 Å². The van der Waals surface area contributed by atoms with Gasteiger partial charge in [0.1, 0.15) is 0 Å². The van der Waals surface area contributed by atoms with Crippen molar-refractivity contribution in [3.8, 4) is 0 Å². The van der Waals surface area contributed by atoms with Crippen LogP contribution in [0.5, 0.6) is 0 Å². The second-order valence-corrected chi connectivity index (χ2v) is 4.42. The summed E-state index contributed by atoms with van der Waals surface area (Å²) in [6.45, 7) is -0.460. The topological polar surface area (TPSA) is 98.1 Å². The monoisotopic (exact) mass is 281 g/mol. The molecule has 0 radical (unpaired) electrons. The van der Waals surface area contributed by atoms with E-state index in [-0.39, 0.29) is 31.7 Å². The molecule has 3 N–H and O–H groups in total. The van der Waals surface area contributed by atoms with Crippen LogP contribution >= 0.6 is 0 Å². The molecule has 0 saturated carbocycles. The van der Waals surface area contributed by atoms with E-state index in [0.29, 0.717) is 5.69 Å². The number of nitrogens with zero attached hydrogens (tertiary/aromatic N) is 1. The van der Waals surface area contributed by atoms with Crippen LogP contribution in [0, 0.1) is 0 Å². The maximum Gasteiger partial charge on any atom is 0.303 e. The van der Waals surface area contributed by atoms with Crippen molar-refractivity contribution in [2.75, 3.05) is 18.1 Å². The first-order chi connectivity index (χ1) is 9.54. The second kappa shape index (κ2) is 8.29. The zero-order valence-electron chi connectivity index (χ0n) is 11.1. The number of aliphatic hydroxyl groups excluding tert-OH is 2. The normalized spacial score (nSPS) is 11.9. The van der Waals surface area contributed by atoms with Gasteiger partial charge in [0, 0.05) is 18.5 Å². The Morgan fingerprint density at radius 2 is 1.80 bits per heavy atom. The number of carboxylic acid groups (broad SMARTS) is 1. The molecule has 6 heteroatoms. The number of rotatable bonds is 8. The number of hydrogen-bond acceptors (Lipinski definition) is 4. The van der Waals surface area contributed by atoms with Gasteiger partial charge in [0.2, 0.25) is 5.91 Å². The average Bonchev–Trinajstić information content (AvgIpc) is 2.44. The lowest BCUT2D eigenvalue weighted by Crippen LogP contribution is -2.39. The Labute approximate surface area is 117 Å². The third kappa shape index (κ3) is 5.38. The SMILES string of the molecule is O=C(O)CCCC(=O)N(CC(O)CO)c1ccccc1. The zero-order valence-corrected chi connectivity index (χ0v) is 11.1. The third-order valence-corrected chi connectivity index (χ3v) is 2.75. The predicted octanol–water partition coefficient (Wildman–Crippen LogP) is 0.628. The van der Waals surface area contributed by atoms with Crippen molar-refractivity contribution in [3.05, 3.63) is 30.3 Å². The number of hydrogen-bond donors (Lipinski definition) is 3. The quantitative estimate of drug-likeness (QED) is 0.649. The lowest BCUT2D eigenvalue weighted by molar-refractivity contribution is -0.137. The van der Waals surface area contributed by atoms with Crippen LogP contribution in [0.1, 0.15) is 19.3 Å². The molecule has 0 aliphatic carbocycles. The maximum absolute atomic E-state index is 12.1. The van der Waals surface area contributed by atoms with Gasteiger partial charge in [0.05, 0.1) is 19.3 Å². The highest BCUT2D eigenvalue weighted by atomic mass is 16.4. The van der Waals surface area contributed by atoms with Crippen LogP contribution in [0.3, 0.4) is 0 Å². The molecule has 0 heterocycles. The molecule has 1 unspecified atom stereocenters. The van der Waals surface area contributed by atoms with Crippen LogP contribution < -0.4 is 4.90 Å². The van der Waals surface area contributed by atoms with E-state index in [4.69, 9.17) is 10.2 Å². The summed E-state index contributed by atoms with van der Waals surface area (Å²) >= 11 is 0.